The van der Waals surface area contributed by atoms with E-state index in [1.54, 1.807) is 18.3 Å². The van der Waals surface area contributed by atoms with E-state index in [9.17, 15) is 10.2 Å². The van der Waals surface area contributed by atoms with Crippen LogP contribution in [0.1, 0.15) is 45.2 Å². The van der Waals surface area contributed by atoms with Crippen molar-refractivity contribution in [3.63, 3.8) is 0 Å². The van der Waals surface area contributed by atoms with Crippen molar-refractivity contribution in [3.8, 4) is 17.0 Å². The summed E-state index contributed by atoms with van der Waals surface area (Å²) < 4.78 is 21.4. The normalized spacial score (nSPS) is 22.8. The summed E-state index contributed by atoms with van der Waals surface area (Å²) in [6.45, 7) is 14.7. The first-order chi connectivity index (χ1) is 18.0. The van der Waals surface area contributed by atoms with Gasteiger partial charge in [0.1, 0.15) is 30.4 Å². The lowest BCUT2D eigenvalue weighted by atomic mass is 9.79. The Hall–Kier alpha value is -3.07. The van der Waals surface area contributed by atoms with Gasteiger partial charge < -0.3 is 30.9 Å². The van der Waals surface area contributed by atoms with Crippen LogP contribution in [0.15, 0.2) is 48.3 Å². The number of aromatic nitrogens is 1. The number of rotatable bonds is 5. The largest absolute Gasteiger partial charge is 0.490 e. The molecule has 1 aromatic carbocycles. The highest BCUT2D eigenvalue weighted by Gasteiger charge is 2.39. The smallest absolute Gasteiger partial charge is 0.154 e. The number of hydrogen-bond donors (Lipinski definition) is 5. The highest BCUT2D eigenvalue weighted by molar-refractivity contribution is 6.31. The predicted octanol–water partition coefficient (Wildman–Crippen LogP) is 5.13. The molecule has 2 aliphatic heterocycles. The van der Waals surface area contributed by atoms with Gasteiger partial charge in [0.25, 0.3) is 0 Å². The molecule has 2 aliphatic rings. The quantitative estimate of drug-likeness (QED) is 0.357. The van der Waals surface area contributed by atoms with Crippen molar-refractivity contribution in [3.05, 3.63) is 70.3 Å². The van der Waals surface area contributed by atoms with E-state index in [2.05, 4.69) is 43.3 Å². The molecule has 1 aromatic heterocycles. The maximum Gasteiger partial charge on any atom is 0.154 e. The summed E-state index contributed by atoms with van der Waals surface area (Å²) in [6, 6.07) is 4.84. The topological polar surface area (TPSA) is 98.7 Å². The van der Waals surface area contributed by atoms with Crippen LogP contribution in [-0.4, -0.2) is 46.1 Å². The second kappa shape index (κ2) is 11.0. The molecule has 0 fully saturated rings. The molecule has 3 atom stereocenters. The molecule has 0 spiro atoms. The van der Waals surface area contributed by atoms with Crippen LogP contribution in [0.5, 0.6) is 5.75 Å². The lowest BCUT2D eigenvalue weighted by molar-refractivity contribution is 0.0114. The Balaban J connectivity index is 2.04. The van der Waals surface area contributed by atoms with Gasteiger partial charge in [-0.25, -0.2) is 9.37 Å². The van der Waals surface area contributed by atoms with Gasteiger partial charge in [0.2, 0.25) is 0 Å². The third kappa shape index (κ3) is 5.00. The standard InChI is InChI=1S/C29H36ClFN4O3/c1-7-11-32-17(5)19-13-16(4)25-23-22(9-8-20(30)24(23)31)38-14-21(36)26(37)18-10-12-33-29(6,15(2)3)27(18)35-28(19)34-25/h8-10,12-13,15,21,26,32-33,36-37H,5,7,11,14H2,1-4,6H3,(H,34,35). The number of nitrogens with zero attached hydrogens (tertiary/aromatic N) is 1. The van der Waals surface area contributed by atoms with E-state index in [4.69, 9.17) is 21.3 Å². The molecule has 2 bridgehead atoms. The lowest BCUT2D eigenvalue weighted by Crippen LogP contribution is -2.52. The minimum Gasteiger partial charge on any atom is -0.490 e. The van der Waals surface area contributed by atoms with Crippen molar-refractivity contribution in [2.24, 2.45) is 5.92 Å². The van der Waals surface area contributed by atoms with E-state index < -0.39 is 23.6 Å². The maximum absolute atomic E-state index is 15.5. The second-order valence-corrected chi connectivity index (χ2v) is 10.7. The first-order valence-electron chi connectivity index (χ1n) is 12.9. The molecular weight excluding hydrogens is 507 g/mol. The Morgan fingerprint density at radius 1 is 1.37 bits per heavy atom. The second-order valence-electron chi connectivity index (χ2n) is 10.3. The van der Waals surface area contributed by atoms with Gasteiger partial charge in [0.15, 0.2) is 5.82 Å². The molecule has 3 heterocycles. The maximum atomic E-state index is 15.5. The van der Waals surface area contributed by atoms with Gasteiger partial charge in [-0.3, -0.25) is 0 Å². The number of fused-ring (bicyclic) bond motifs is 4. The van der Waals surface area contributed by atoms with Gasteiger partial charge >= 0.3 is 0 Å². The number of nitrogens with one attached hydrogen (secondary N) is 3. The van der Waals surface area contributed by atoms with Gasteiger partial charge in [-0.2, -0.15) is 0 Å². The van der Waals surface area contributed by atoms with Crippen molar-refractivity contribution in [1.82, 2.24) is 15.6 Å². The fraction of sp³-hybridized carbons (Fsp3) is 0.414. The summed E-state index contributed by atoms with van der Waals surface area (Å²) in [6.07, 6.45) is 1.83. The highest BCUT2D eigenvalue weighted by atomic mass is 35.5. The third-order valence-corrected chi connectivity index (χ3v) is 7.66. The number of anilines is 1. The molecule has 5 N–H and O–H groups in total. The first kappa shape index (κ1) is 28.0. The molecule has 9 heteroatoms. The molecule has 0 saturated heterocycles. The van der Waals surface area contributed by atoms with Gasteiger partial charge in [0, 0.05) is 29.1 Å². The van der Waals surface area contributed by atoms with Crippen molar-refractivity contribution in [1.29, 1.82) is 0 Å². The van der Waals surface area contributed by atoms with Crippen LogP contribution in [0.3, 0.4) is 0 Å². The lowest BCUT2D eigenvalue weighted by Gasteiger charge is -2.42. The van der Waals surface area contributed by atoms with Crippen molar-refractivity contribution >= 4 is 23.1 Å². The third-order valence-electron chi connectivity index (χ3n) is 7.36. The number of benzene rings is 1. The van der Waals surface area contributed by atoms with Crippen LogP contribution < -0.4 is 20.7 Å². The molecule has 7 nitrogen and oxygen atoms in total. The summed E-state index contributed by atoms with van der Waals surface area (Å²) in [4.78, 5) is 4.92. The minimum atomic E-state index is -1.29. The number of pyridine rings is 1. The van der Waals surface area contributed by atoms with Gasteiger partial charge in [-0.1, -0.05) is 39.0 Å². The molecule has 0 saturated carbocycles. The van der Waals surface area contributed by atoms with Crippen LogP contribution in [0, 0.1) is 18.7 Å². The molecule has 204 valence electrons. The average molecular weight is 543 g/mol. The molecular formula is C29H36ClFN4O3. The Bertz CT molecular complexity index is 1310. The van der Waals surface area contributed by atoms with E-state index in [-0.39, 0.29) is 28.9 Å². The fourth-order valence-electron chi connectivity index (χ4n) is 4.69. The van der Waals surface area contributed by atoms with Crippen LogP contribution in [-0.2, 0) is 0 Å². The van der Waals surface area contributed by atoms with Gasteiger partial charge in [-0.05, 0) is 62.2 Å². The van der Waals surface area contributed by atoms with Crippen molar-refractivity contribution in [2.75, 3.05) is 18.5 Å². The zero-order chi connectivity index (χ0) is 27.8. The van der Waals surface area contributed by atoms with E-state index in [0.717, 1.165) is 6.42 Å². The van der Waals surface area contributed by atoms with Crippen LogP contribution in [0.4, 0.5) is 10.2 Å². The number of aliphatic hydroxyl groups is 2. The van der Waals surface area contributed by atoms with Crippen LogP contribution in [0.2, 0.25) is 5.02 Å². The zero-order valence-electron chi connectivity index (χ0n) is 22.5. The highest BCUT2D eigenvalue weighted by Crippen LogP contribution is 2.41. The molecule has 4 rings (SSSR count). The SMILES string of the molecule is C=C(NCCC)c1cc(C)c2nc1NC1=C(C=CNC1(C)C(C)C)C(O)C(O)COc1ccc(Cl)c(F)c1-2. The number of aliphatic hydroxyl groups excluding tert-OH is 2. The Morgan fingerprint density at radius 3 is 2.79 bits per heavy atom. The van der Waals surface area contributed by atoms with Crippen LogP contribution in [0.25, 0.3) is 17.0 Å². The summed E-state index contributed by atoms with van der Waals surface area (Å²) in [7, 11) is 0. The molecule has 3 unspecified atom stereocenters. The van der Waals surface area contributed by atoms with Crippen LogP contribution >= 0.6 is 11.6 Å². The summed E-state index contributed by atoms with van der Waals surface area (Å²) in [5, 5.41) is 32.4. The van der Waals surface area contributed by atoms with Crippen molar-refractivity contribution in [2.45, 2.75) is 58.8 Å². The van der Waals surface area contributed by atoms with Crippen molar-refractivity contribution < 1.29 is 19.3 Å². The molecule has 0 amide bonds. The average Bonchev–Trinajstić information content (AvgIpc) is 2.88. The Labute approximate surface area is 228 Å². The molecule has 0 aliphatic carbocycles. The van der Waals surface area contributed by atoms with E-state index in [1.807, 2.05) is 19.9 Å². The van der Waals surface area contributed by atoms with E-state index >= 15 is 4.39 Å². The first-order valence-corrected chi connectivity index (χ1v) is 13.2. The van der Waals surface area contributed by atoms with Gasteiger partial charge in [-0.15, -0.1) is 0 Å². The fourth-order valence-corrected chi connectivity index (χ4v) is 4.85. The summed E-state index contributed by atoms with van der Waals surface area (Å²) >= 11 is 6.18. The monoisotopic (exact) mass is 542 g/mol. The number of dihydropyridines is 1. The number of halogens is 2. The number of aryl methyl sites for hydroxylation is 1. The molecule has 0 radical (unpaired) electrons. The van der Waals surface area contributed by atoms with Gasteiger partial charge in [0.05, 0.1) is 21.8 Å². The van der Waals surface area contributed by atoms with E-state index in [0.29, 0.717) is 46.2 Å². The minimum absolute atomic E-state index is 0.0743. The number of hydrogen-bond acceptors (Lipinski definition) is 7. The summed E-state index contributed by atoms with van der Waals surface area (Å²) in [5.41, 5.74) is 2.96. The molecule has 2 aromatic rings. The number of ether oxygens (including phenoxy) is 1. The Kier molecular flexibility index (Phi) is 8.06. The summed E-state index contributed by atoms with van der Waals surface area (Å²) in [5.74, 6) is -0.0193. The predicted molar refractivity (Wildman–Crippen MR) is 150 cm³/mol. The molecule has 38 heavy (non-hydrogen) atoms. The zero-order valence-corrected chi connectivity index (χ0v) is 23.2. The Morgan fingerprint density at radius 2 is 2.11 bits per heavy atom. The van der Waals surface area contributed by atoms with E-state index in [1.165, 1.54) is 6.07 Å².